The van der Waals surface area contributed by atoms with Gasteiger partial charge in [-0.25, -0.2) is 18.4 Å². The first-order valence-electron chi connectivity index (χ1n) is 8.43. The molecule has 1 aromatic carbocycles. The molecule has 0 spiro atoms. The van der Waals surface area contributed by atoms with Crippen LogP contribution in [0.15, 0.2) is 29.2 Å². The summed E-state index contributed by atoms with van der Waals surface area (Å²) in [6, 6.07) is 6.20. The molecule has 0 saturated carbocycles. The first-order chi connectivity index (χ1) is 12.7. The number of thiophene rings is 1. The van der Waals surface area contributed by atoms with Crippen LogP contribution >= 0.6 is 11.3 Å². The molecule has 1 aliphatic heterocycles. The molecule has 0 unspecified atom stereocenters. The summed E-state index contributed by atoms with van der Waals surface area (Å²) in [5.41, 5.74) is 2.43. The maximum absolute atomic E-state index is 12.5. The Morgan fingerprint density at radius 3 is 2.67 bits per heavy atom. The van der Waals surface area contributed by atoms with Crippen molar-refractivity contribution in [3.05, 3.63) is 45.1 Å². The molecule has 0 aliphatic carbocycles. The van der Waals surface area contributed by atoms with E-state index >= 15 is 0 Å². The van der Waals surface area contributed by atoms with Crippen LogP contribution in [0.5, 0.6) is 0 Å². The summed E-state index contributed by atoms with van der Waals surface area (Å²) in [6.07, 6.45) is 1.35. The van der Waals surface area contributed by atoms with Crippen LogP contribution < -0.4 is 10.0 Å². The van der Waals surface area contributed by atoms with Crippen LogP contribution in [-0.2, 0) is 32.4 Å². The SMILES string of the molecule is CCc1cc(C(=O)OCC(=O)N2CCc3cc(S(N)(=O)=O)ccc32)sc1C. The third kappa shape index (κ3) is 4.05. The Kier molecular flexibility index (Phi) is 5.36. The van der Waals surface area contributed by atoms with Gasteiger partial charge in [0.2, 0.25) is 10.0 Å². The summed E-state index contributed by atoms with van der Waals surface area (Å²) in [4.78, 5) is 27.7. The van der Waals surface area contributed by atoms with Crippen LogP contribution in [0.1, 0.15) is 32.6 Å². The van der Waals surface area contributed by atoms with Crippen LogP contribution in [0, 0.1) is 6.92 Å². The predicted molar refractivity (Wildman–Crippen MR) is 103 cm³/mol. The highest BCUT2D eigenvalue weighted by molar-refractivity contribution is 7.89. The molecule has 1 aliphatic rings. The van der Waals surface area contributed by atoms with Gasteiger partial charge in [0.1, 0.15) is 4.88 Å². The molecular formula is C18H20N2O5S2. The average Bonchev–Trinajstić information content (AvgIpc) is 3.21. The van der Waals surface area contributed by atoms with Gasteiger partial charge in [0.05, 0.1) is 4.90 Å². The van der Waals surface area contributed by atoms with Crippen LogP contribution in [0.25, 0.3) is 0 Å². The zero-order chi connectivity index (χ0) is 19.8. The first-order valence-corrected chi connectivity index (χ1v) is 10.8. The third-order valence-electron chi connectivity index (χ3n) is 4.51. The van der Waals surface area contributed by atoms with Crippen LogP contribution in [0.3, 0.4) is 0 Å². The standard InChI is InChI=1S/C18H20N2O5S2/c1-3-12-9-16(26-11(12)2)18(22)25-10-17(21)20-7-6-13-8-14(27(19,23)24)4-5-15(13)20/h4-5,8-9H,3,6-7,10H2,1-2H3,(H2,19,23,24). The minimum absolute atomic E-state index is 0.0155. The zero-order valence-corrected chi connectivity index (χ0v) is 16.7. The van der Waals surface area contributed by atoms with Gasteiger partial charge in [-0.1, -0.05) is 6.92 Å². The quantitative estimate of drug-likeness (QED) is 0.762. The summed E-state index contributed by atoms with van der Waals surface area (Å²) in [5.74, 6) is -0.866. The highest BCUT2D eigenvalue weighted by atomic mass is 32.2. The molecule has 0 radical (unpaired) electrons. The largest absolute Gasteiger partial charge is 0.451 e. The molecule has 0 bridgehead atoms. The van der Waals surface area contributed by atoms with Gasteiger partial charge in [-0.05, 0) is 55.2 Å². The number of sulfonamides is 1. The molecule has 0 fully saturated rings. The molecule has 1 amide bonds. The van der Waals surface area contributed by atoms with Crippen molar-refractivity contribution in [3.63, 3.8) is 0 Å². The van der Waals surface area contributed by atoms with E-state index in [1.165, 1.54) is 28.4 Å². The molecule has 2 N–H and O–H groups in total. The van der Waals surface area contributed by atoms with Crippen molar-refractivity contribution in [2.75, 3.05) is 18.1 Å². The van der Waals surface area contributed by atoms with Gasteiger partial charge >= 0.3 is 5.97 Å². The smallest absolute Gasteiger partial charge is 0.348 e. The first kappa shape index (κ1) is 19.5. The maximum atomic E-state index is 12.5. The van der Waals surface area contributed by atoms with E-state index in [4.69, 9.17) is 9.88 Å². The molecule has 9 heteroatoms. The van der Waals surface area contributed by atoms with Crippen LogP contribution in [0.2, 0.25) is 0 Å². The van der Waals surface area contributed by atoms with E-state index in [-0.39, 0.29) is 17.4 Å². The average molecular weight is 409 g/mol. The Hall–Kier alpha value is -2.23. The summed E-state index contributed by atoms with van der Waals surface area (Å²) in [7, 11) is -3.79. The fraction of sp³-hybridized carbons (Fsp3) is 0.333. The number of primary sulfonamides is 1. The number of esters is 1. The number of aryl methyl sites for hydroxylation is 2. The van der Waals surface area contributed by atoms with E-state index in [2.05, 4.69) is 0 Å². The number of benzene rings is 1. The molecule has 144 valence electrons. The van der Waals surface area contributed by atoms with Crippen LogP contribution in [-0.4, -0.2) is 33.4 Å². The van der Waals surface area contributed by atoms with Gasteiger partial charge in [0.25, 0.3) is 5.91 Å². The van der Waals surface area contributed by atoms with E-state index in [9.17, 15) is 18.0 Å². The lowest BCUT2D eigenvalue weighted by molar-refractivity contribution is -0.121. The van der Waals surface area contributed by atoms with Crippen molar-refractivity contribution < 1.29 is 22.7 Å². The summed E-state index contributed by atoms with van der Waals surface area (Å²) in [6.45, 7) is 3.99. The summed E-state index contributed by atoms with van der Waals surface area (Å²) < 4.78 is 28.1. The van der Waals surface area contributed by atoms with Crippen molar-refractivity contribution in [1.29, 1.82) is 0 Å². The highest BCUT2D eigenvalue weighted by Crippen LogP contribution is 2.30. The number of fused-ring (bicyclic) bond motifs is 1. The number of amides is 1. The van der Waals surface area contributed by atoms with Crippen molar-refractivity contribution in [2.45, 2.75) is 31.6 Å². The number of rotatable bonds is 5. The second-order valence-corrected chi connectivity index (χ2v) is 9.07. The molecular weight excluding hydrogens is 388 g/mol. The molecule has 0 saturated heterocycles. The van der Waals surface area contributed by atoms with Gasteiger partial charge in [-0.2, -0.15) is 0 Å². The Labute approximate surface area is 161 Å². The number of hydrogen-bond acceptors (Lipinski definition) is 6. The molecule has 0 atom stereocenters. The Morgan fingerprint density at radius 1 is 1.30 bits per heavy atom. The summed E-state index contributed by atoms with van der Waals surface area (Å²) in [5, 5.41) is 5.14. The van der Waals surface area contributed by atoms with Crippen molar-refractivity contribution in [1.82, 2.24) is 0 Å². The van der Waals surface area contributed by atoms with E-state index in [1.54, 1.807) is 12.1 Å². The van der Waals surface area contributed by atoms with Crippen molar-refractivity contribution >= 4 is 38.9 Å². The normalized spacial score (nSPS) is 13.5. The second kappa shape index (κ2) is 7.41. The molecule has 7 nitrogen and oxygen atoms in total. The topological polar surface area (TPSA) is 107 Å². The van der Waals surface area contributed by atoms with Gasteiger partial charge < -0.3 is 9.64 Å². The molecule has 2 heterocycles. The van der Waals surface area contributed by atoms with E-state index in [1.807, 2.05) is 13.8 Å². The number of hydrogen-bond donors (Lipinski definition) is 1. The third-order valence-corrected chi connectivity index (χ3v) is 6.49. The number of carbonyl (C=O) groups excluding carboxylic acids is 2. The predicted octanol–water partition coefficient (Wildman–Crippen LogP) is 2.01. The fourth-order valence-corrected chi connectivity index (χ4v) is 4.63. The van der Waals surface area contributed by atoms with Gasteiger partial charge in [-0.3, -0.25) is 4.79 Å². The number of ether oxygens (including phenoxy) is 1. The monoisotopic (exact) mass is 408 g/mol. The molecule has 3 rings (SSSR count). The minimum Gasteiger partial charge on any atom is -0.451 e. The highest BCUT2D eigenvalue weighted by Gasteiger charge is 2.27. The molecule has 27 heavy (non-hydrogen) atoms. The van der Waals surface area contributed by atoms with Crippen molar-refractivity contribution in [3.8, 4) is 0 Å². The second-order valence-electron chi connectivity index (χ2n) is 6.25. The Morgan fingerprint density at radius 2 is 2.04 bits per heavy atom. The minimum atomic E-state index is -3.79. The van der Waals surface area contributed by atoms with Crippen molar-refractivity contribution in [2.24, 2.45) is 5.14 Å². The molecule has 2 aromatic rings. The number of anilines is 1. The number of carbonyl (C=O) groups is 2. The maximum Gasteiger partial charge on any atom is 0.348 e. The Balaban J connectivity index is 1.67. The number of nitrogens with two attached hydrogens (primary N) is 1. The van der Waals surface area contributed by atoms with E-state index in [0.29, 0.717) is 23.5 Å². The lowest BCUT2D eigenvalue weighted by Crippen LogP contribution is -2.33. The van der Waals surface area contributed by atoms with Gasteiger partial charge in [0, 0.05) is 17.1 Å². The zero-order valence-electron chi connectivity index (χ0n) is 15.0. The fourth-order valence-electron chi connectivity index (χ4n) is 3.06. The van der Waals surface area contributed by atoms with E-state index < -0.39 is 16.0 Å². The van der Waals surface area contributed by atoms with Gasteiger partial charge in [-0.15, -0.1) is 11.3 Å². The Bertz CT molecular complexity index is 1010. The lowest BCUT2D eigenvalue weighted by Gasteiger charge is -2.17. The van der Waals surface area contributed by atoms with E-state index in [0.717, 1.165) is 22.4 Å². The summed E-state index contributed by atoms with van der Waals surface area (Å²) >= 11 is 1.36. The lowest BCUT2D eigenvalue weighted by atomic mass is 10.2. The molecule has 1 aromatic heterocycles. The van der Waals surface area contributed by atoms with Gasteiger partial charge in [0.15, 0.2) is 6.61 Å². The van der Waals surface area contributed by atoms with Crippen LogP contribution in [0.4, 0.5) is 5.69 Å². The number of nitrogens with zero attached hydrogens (tertiary/aromatic N) is 1.